The summed E-state index contributed by atoms with van der Waals surface area (Å²) in [5.74, 6) is 0.695. The fraction of sp³-hybridized carbons (Fsp3) is 0.300. The van der Waals surface area contributed by atoms with Crippen molar-refractivity contribution < 1.29 is 0 Å². The molecule has 70 valence electrons. The molecule has 0 saturated heterocycles. The highest BCUT2D eigenvalue weighted by Gasteiger charge is 1.93. The summed E-state index contributed by atoms with van der Waals surface area (Å²) in [6, 6.07) is 7.80. The van der Waals surface area contributed by atoms with Crippen LogP contribution in [0, 0.1) is 0 Å². The predicted octanol–water partition coefficient (Wildman–Crippen LogP) is 3.24. The van der Waals surface area contributed by atoms with Crippen LogP contribution < -0.4 is 5.73 Å². The quantitative estimate of drug-likeness (QED) is 0.640. The molecule has 0 aromatic heterocycles. The molecule has 0 aliphatic heterocycles. The molecule has 1 aromatic rings. The van der Waals surface area contributed by atoms with Gasteiger partial charge in [-0.1, -0.05) is 28.9 Å². The van der Waals surface area contributed by atoms with E-state index in [1.807, 2.05) is 24.3 Å². The van der Waals surface area contributed by atoms with Crippen molar-refractivity contribution in [2.24, 2.45) is 10.7 Å². The van der Waals surface area contributed by atoms with E-state index in [-0.39, 0.29) is 0 Å². The summed E-state index contributed by atoms with van der Waals surface area (Å²) in [6.45, 7) is 2.09. The lowest BCUT2D eigenvalue weighted by atomic mass is 10.3. The Balaban J connectivity index is 2.78. The van der Waals surface area contributed by atoms with Crippen molar-refractivity contribution in [1.82, 2.24) is 0 Å². The molecule has 0 fully saturated rings. The van der Waals surface area contributed by atoms with Crippen molar-refractivity contribution in [3.8, 4) is 0 Å². The molecule has 1 rings (SSSR count). The van der Waals surface area contributed by atoms with Gasteiger partial charge in [-0.25, -0.2) is 4.99 Å². The molecule has 0 amide bonds. The first-order valence-electron chi connectivity index (χ1n) is 4.31. The summed E-state index contributed by atoms with van der Waals surface area (Å²) in [4.78, 5) is 4.27. The number of amidine groups is 1. The molecular weight excluding hydrogens is 228 g/mol. The largest absolute Gasteiger partial charge is 0.387 e. The predicted molar refractivity (Wildman–Crippen MR) is 60.3 cm³/mol. The number of halogens is 1. The fourth-order valence-electron chi connectivity index (χ4n) is 1.02. The second-order valence-electron chi connectivity index (χ2n) is 2.83. The number of nitrogens with two attached hydrogens (primary N) is 1. The maximum atomic E-state index is 5.70. The van der Waals surface area contributed by atoms with E-state index in [1.165, 1.54) is 0 Å². The van der Waals surface area contributed by atoms with Gasteiger partial charge in [0.1, 0.15) is 0 Å². The smallest absolute Gasteiger partial charge is 0.0996 e. The van der Waals surface area contributed by atoms with Gasteiger partial charge in [-0.05, 0) is 24.6 Å². The third-order valence-corrected chi connectivity index (χ3v) is 2.08. The molecule has 0 spiro atoms. The number of aliphatic imine (C=N–C) groups is 1. The minimum Gasteiger partial charge on any atom is -0.387 e. The van der Waals surface area contributed by atoms with Crippen LogP contribution in [0.2, 0.25) is 0 Å². The van der Waals surface area contributed by atoms with E-state index < -0.39 is 0 Å². The van der Waals surface area contributed by atoms with Crippen LogP contribution in [-0.4, -0.2) is 5.84 Å². The standard InChI is InChI=1S/C10H13BrN2/c1-2-4-10(12)13-9-6-3-5-8(11)7-9/h3,5-7H,2,4H2,1H3,(H2,12,13). The van der Waals surface area contributed by atoms with Crippen molar-refractivity contribution in [3.63, 3.8) is 0 Å². The highest BCUT2D eigenvalue weighted by atomic mass is 79.9. The minimum atomic E-state index is 0.695. The molecule has 0 heterocycles. The molecule has 0 radical (unpaired) electrons. The summed E-state index contributed by atoms with van der Waals surface area (Å²) in [5.41, 5.74) is 6.60. The molecule has 0 aliphatic carbocycles. The van der Waals surface area contributed by atoms with E-state index in [2.05, 4.69) is 27.8 Å². The first-order chi connectivity index (χ1) is 6.22. The maximum absolute atomic E-state index is 5.70. The summed E-state index contributed by atoms with van der Waals surface area (Å²) >= 11 is 3.38. The lowest BCUT2D eigenvalue weighted by molar-refractivity contribution is 0.983. The van der Waals surface area contributed by atoms with Crippen molar-refractivity contribution in [2.45, 2.75) is 19.8 Å². The van der Waals surface area contributed by atoms with Crippen molar-refractivity contribution >= 4 is 27.5 Å². The minimum absolute atomic E-state index is 0.695. The molecule has 0 aliphatic rings. The summed E-state index contributed by atoms with van der Waals surface area (Å²) in [6.07, 6.45) is 1.88. The molecule has 2 nitrogen and oxygen atoms in total. The van der Waals surface area contributed by atoms with Gasteiger partial charge in [0, 0.05) is 10.9 Å². The van der Waals surface area contributed by atoms with Crippen LogP contribution in [-0.2, 0) is 0 Å². The number of hydrogen-bond acceptors (Lipinski definition) is 1. The molecular formula is C10H13BrN2. The molecule has 0 bridgehead atoms. The van der Waals surface area contributed by atoms with Gasteiger partial charge in [-0.3, -0.25) is 0 Å². The SMILES string of the molecule is CCCC(N)=Nc1cccc(Br)c1. The number of rotatable bonds is 3. The van der Waals surface area contributed by atoms with Gasteiger partial charge in [0.05, 0.1) is 11.5 Å². The Morgan fingerprint density at radius 1 is 1.54 bits per heavy atom. The average Bonchev–Trinajstić information content (AvgIpc) is 2.04. The highest BCUT2D eigenvalue weighted by Crippen LogP contribution is 2.18. The monoisotopic (exact) mass is 240 g/mol. The Morgan fingerprint density at radius 3 is 2.92 bits per heavy atom. The van der Waals surface area contributed by atoms with Gasteiger partial charge in [0.2, 0.25) is 0 Å². The molecule has 0 saturated carbocycles. The first-order valence-corrected chi connectivity index (χ1v) is 5.10. The number of hydrogen-bond donors (Lipinski definition) is 1. The topological polar surface area (TPSA) is 38.4 Å². The van der Waals surface area contributed by atoms with Gasteiger partial charge in [-0.15, -0.1) is 0 Å². The van der Waals surface area contributed by atoms with Crippen LogP contribution in [0.1, 0.15) is 19.8 Å². The van der Waals surface area contributed by atoms with Crippen LogP contribution in [0.15, 0.2) is 33.7 Å². The van der Waals surface area contributed by atoms with Gasteiger partial charge in [-0.2, -0.15) is 0 Å². The average molecular weight is 241 g/mol. The summed E-state index contributed by atoms with van der Waals surface area (Å²) < 4.78 is 1.03. The summed E-state index contributed by atoms with van der Waals surface area (Å²) in [7, 11) is 0. The van der Waals surface area contributed by atoms with Crippen molar-refractivity contribution in [2.75, 3.05) is 0 Å². The Morgan fingerprint density at radius 2 is 2.31 bits per heavy atom. The zero-order valence-corrected chi connectivity index (χ0v) is 9.21. The van der Waals surface area contributed by atoms with Crippen molar-refractivity contribution in [3.05, 3.63) is 28.7 Å². The zero-order valence-electron chi connectivity index (χ0n) is 7.63. The number of benzene rings is 1. The third kappa shape index (κ3) is 3.59. The Kier molecular flexibility index (Phi) is 3.96. The molecule has 0 atom stereocenters. The maximum Gasteiger partial charge on any atom is 0.0996 e. The Bertz CT molecular complexity index is 308. The van der Waals surface area contributed by atoms with E-state index in [0.29, 0.717) is 5.84 Å². The third-order valence-electron chi connectivity index (χ3n) is 1.59. The molecule has 2 N–H and O–H groups in total. The lowest BCUT2D eigenvalue weighted by Gasteiger charge is -1.98. The van der Waals surface area contributed by atoms with Gasteiger partial charge in [0.15, 0.2) is 0 Å². The molecule has 3 heteroatoms. The van der Waals surface area contributed by atoms with E-state index in [0.717, 1.165) is 23.0 Å². The van der Waals surface area contributed by atoms with E-state index >= 15 is 0 Å². The summed E-state index contributed by atoms with van der Waals surface area (Å²) in [5, 5.41) is 0. The highest BCUT2D eigenvalue weighted by molar-refractivity contribution is 9.10. The van der Waals surface area contributed by atoms with E-state index in [1.54, 1.807) is 0 Å². The lowest BCUT2D eigenvalue weighted by Crippen LogP contribution is -2.09. The zero-order chi connectivity index (χ0) is 9.68. The second-order valence-corrected chi connectivity index (χ2v) is 3.75. The van der Waals surface area contributed by atoms with E-state index in [4.69, 9.17) is 5.73 Å². The molecule has 0 unspecified atom stereocenters. The normalized spacial score (nSPS) is 11.7. The van der Waals surface area contributed by atoms with E-state index in [9.17, 15) is 0 Å². The van der Waals surface area contributed by atoms with Crippen LogP contribution in [0.3, 0.4) is 0 Å². The molecule has 13 heavy (non-hydrogen) atoms. The Labute approximate surface area is 87.0 Å². The van der Waals surface area contributed by atoms with Crippen molar-refractivity contribution in [1.29, 1.82) is 0 Å². The van der Waals surface area contributed by atoms with Crippen LogP contribution in [0.25, 0.3) is 0 Å². The second kappa shape index (κ2) is 5.02. The van der Waals surface area contributed by atoms with Crippen LogP contribution in [0.4, 0.5) is 5.69 Å². The first kappa shape index (κ1) is 10.3. The van der Waals surface area contributed by atoms with Gasteiger partial charge < -0.3 is 5.73 Å². The van der Waals surface area contributed by atoms with Gasteiger partial charge in [0.25, 0.3) is 0 Å². The Hall–Kier alpha value is -0.830. The number of nitrogens with zero attached hydrogens (tertiary/aromatic N) is 1. The van der Waals surface area contributed by atoms with Crippen LogP contribution >= 0.6 is 15.9 Å². The van der Waals surface area contributed by atoms with Crippen LogP contribution in [0.5, 0.6) is 0 Å². The molecule has 1 aromatic carbocycles. The van der Waals surface area contributed by atoms with Gasteiger partial charge >= 0.3 is 0 Å². The fourth-order valence-corrected chi connectivity index (χ4v) is 1.41.